The molecular weight excluding hydrogens is 1120 g/mol. The zero-order valence-corrected chi connectivity index (χ0v) is 47.7. The Morgan fingerprint density at radius 1 is 0.465 bits per heavy atom. The van der Waals surface area contributed by atoms with Gasteiger partial charge < -0.3 is 107 Å². The Balaban J connectivity index is 1.57. The molecule has 31 heteroatoms. The molecule has 0 aliphatic rings. The summed E-state index contributed by atoms with van der Waals surface area (Å²) in [5.74, 6) is -7.85. The number of nitrogens with two attached hydrogens (primary N) is 8. The normalized spacial score (nSPS) is 12.0. The van der Waals surface area contributed by atoms with Crippen LogP contribution in [0, 0.1) is 0 Å². The maximum absolute atomic E-state index is 14.2. The zero-order chi connectivity index (χ0) is 63.5. The number of methoxy groups -OCH3 is 3. The van der Waals surface area contributed by atoms with Crippen LogP contribution in [0.2, 0.25) is 0 Å². The van der Waals surface area contributed by atoms with Crippen LogP contribution < -0.4 is 102 Å². The molecule has 0 aromatic heterocycles. The molecule has 0 unspecified atom stereocenters. The van der Waals surface area contributed by atoms with Gasteiger partial charge in [-0.15, -0.1) is 0 Å². The first-order chi connectivity index (χ1) is 41.0. The molecule has 4 aromatic carbocycles. The number of anilines is 4. The zero-order valence-electron chi connectivity index (χ0n) is 47.7. The first-order valence-corrected chi connectivity index (χ1v) is 26.8. The number of hydrogen-bond donors (Lipinski definition) is 16. The number of primary amides is 1. The van der Waals surface area contributed by atoms with E-state index >= 15 is 0 Å². The molecule has 0 heterocycles. The van der Waals surface area contributed by atoms with Gasteiger partial charge in [0.2, 0.25) is 23.6 Å². The van der Waals surface area contributed by atoms with Crippen molar-refractivity contribution >= 4 is 87.9 Å². The second kappa shape index (κ2) is 34.4. The van der Waals surface area contributed by atoms with Crippen molar-refractivity contribution in [1.82, 2.24) is 16.0 Å². The fraction of sp³-hybridized carbons (Fsp3) is 0.364. The number of aliphatic imine (C=N–C) groups is 2. The van der Waals surface area contributed by atoms with Gasteiger partial charge in [-0.25, -0.2) is 4.79 Å². The number of ether oxygens (including phenoxy) is 4. The van der Waals surface area contributed by atoms with E-state index in [-0.39, 0.29) is 145 Å². The van der Waals surface area contributed by atoms with E-state index in [4.69, 9.17) is 64.8 Å². The van der Waals surface area contributed by atoms with Gasteiger partial charge in [0.05, 0.1) is 49.6 Å². The lowest BCUT2D eigenvalue weighted by molar-refractivity contribution is -0.139. The van der Waals surface area contributed by atoms with E-state index in [1.165, 1.54) is 88.1 Å². The summed E-state index contributed by atoms with van der Waals surface area (Å²) in [4.78, 5) is 129. The number of carboxylic acid groups (broad SMARTS) is 1. The fourth-order valence-corrected chi connectivity index (χ4v) is 8.19. The number of rotatable bonds is 35. The minimum atomic E-state index is -1.39. The maximum atomic E-state index is 14.2. The second-order valence-electron chi connectivity index (χ2n) is 18.9. The highest BCUT2D eigenvalue weighted by Crippen LogP contribution is 2.28. The fourth-order valence-electron chi connectivity index (χ4n) is 8.19. The molecule has 0 saturated heterocycles. The number of nitrogens with zero attached hydrogens (tertiary/aromatic N) is 2. The second-order valence-corrected chi connectivity index (χ2v) is 18.9. The van der Waals surface area contributed by atoms with Gasteiger partial charge in [-0.1, -0.05) is 0 Å². The lowest BCUT2D eigenvalue weighted by atomic mass is 10.1. The number of hydrogen-bond acceptors (Lipinski definition) is 18. The summed E-state index contributed by atoms with van der Waals surface area (Å²) < 4.78 is 21.5. The van der Waals surface area contributed by atoms with Crippen LogP contribution in [0.3, 0.4) is 0 Å². The van der Waals surface area contributed by atoms with Crippen LogP contribution in [-0.2, 0) is 24.0 Å². The van der Waals surface area contributed by atoms with Gasteiger partial charge in [-0.2, -0.15) is 0 Å². The lowest BCUT2D eigenvalue weighted by Gasteiger charge is -2.22. The number of amides is 8. The van der Waals surface area contributed by atoms with Crippen molar-refractivity contribution in [3.63, 3.8) is 0 Å². The summed E-state index contributed by atoms with van der Waals surface area (Å²) in [6.07, 6.45) is 1.38. The van der Waals surface area contributed by atoms with Gasteiger partial charge in [-0.3, -0.25) is 48.3 Å². The molecule has 0 bridgehead atoms. The smallest absolute Gasteiger partial charge is 0.341 e. The Kier molecular flexibility index (Phi) is 27.3. The molecule has 4 atom stereocenters. The third-order valence-electron chi connectivity index (χ3n) is 12.5. The SMILES string of the molecule is COc1ccc(NC(=O)[C@@H](CCCN=C(N)N)NC(=O)c2cc(NC(=O)[C@@H](CCCN)NC(=O)c3cc(NC(=O)[C@@H](CCCN)NC(=O)c4cc(NC(=O)[C@H](N)CCCN=C(N)N)ccc4OC)ccc3OC)ccc2OCC(=O)O)cc1C(N)=O. The molecule has 0 saturated carbocycles. The van der Waals surface area contributed by atoms with E-state index in [0.717, 1.165) is 6.07 Å². The molecular formula is C55H75N17O14. The van der Waals surface area contributed by atoms with E-state index < -0.39 is 84.0 Å². The minimum Gasteiger partial charge on any atom is -0.496 e. The summed E-state index contributed by atoms with van der Waals surface area (Å²) in [5.41, 5.74) is 44.7. The number of carbonyl (C=O) groups is 9. The molecule has 0 spiro atoms. The highest BCUT2D eigenvalue weighted by molar-refractivity contribution is 6.07. The molecule has 0 radical (unpaired) electrons. The van der Waals surface area contributed by atoms with Crippen LogP contribution in [0.5, 0.6) is 23.0 Å². The summed E-state index contributed by atoms with van der Waals surface area (Å²) in [6, 6.07) is 11.5. The Labute approximate surface area is 494 Å². The van der Waals surface area contributed by atoms with Crippen LogP contribution in [0.25, 0.3) is 0 Å². The van der Waals surface area contributed by atoms with Crippen LogP contribution in [0.4, 0.5) is 22.7 Å². The molecule has 0 aliphatic carbocycles. The van der Waals surface area contributed by atoms with Crippen LogP contribution in [0.1, 0.15) is 92.8 Å². The van der Waals surface area contributed by atoms with Gasteiger partial charge in [-0.05, 0) is 137 Å². The van der Waals surface area contributed by atoms with Crippen LogP contribution >= 0.6 is 0 Å². The summed E-state index contributed by atoms with van der Waals surface area (Å²) >= 11 is 0. The number of nitrogens with one attached hydrogen (secondary N) is 7. The number of guanidine groups is 2. The molecule has 4 rings (SSSR count). The van der Waals surface area contributed by atoms with Crippen molar-refractivity contribution in [3.05, 3.63) is 95.1 Å². The average Bonchev–Trinajstić information content (AvgIpc) is 2.62. The van der Waals surface area contributed by atoms with Gasteiger partial charge in [0.15, 0.2) is 18.5 Å². The first-order valence-electron chi connectivity index (χ1n) is 26.8. The molecule has 86 heavy (non-hydrogen) atoms. The van der Waals surface area contributed by atoms with Crippen LogP contribution in [0.15, 0.2) is 82.8 Å². The Hall–Kier alpha value is -10.3. The molecule has 4 aromatic rings. The summed E-state index contributed by atoms with van der Waals surface area (Å²) in [7, 11) is 3.95. The maximum Gasteiger partial charge on any atom is 0.341 e. The van der Waals surface area contributed by atoms with Gasteiger partial charge >= 0.3 is 5.97 Å². The lowest BCUT2D eigenvalue weighted by Crippen LogP contribution is -2.45. The number of benzene rings is 4. The van der Waals surface area contributed by atoms with E-state index in [0.29, 0.717) is 12.8 Å². The van der Waals surface area contributed by atoms with Gasteiger partial charge in [0.1, 0.15) is 41.1 Å². The highest BCUT2D eigenvalue weighted by atomic mass is 16.5. The number of aliphatic carboxylic acids is 1. The molecule has 0 aliphatic heterocycles. The monoisotopic (exact) mass is 1200 g/mol. The van der Waals surface area contributed by atoms with E-state index in [2.05, 4.69) is 47.2 Å². The largest absolute Gasteiger partial charge is 0.496 e. The average molecular weight is 1200 g/mol. The first kappa shape index (κ1) is 68.2. The number of carboxylic acids is 1. The topological polar surface area (TPSA) is 528 Å². The van der Waals surface area contributed by atoms with E-state index in [1.54, 1.807) is 0 Å². The molecule has 464 valence electrons. The predicted molar refractivity (Wildman–Crippen MR) is 320 cm³/mol. The highest BCUT2D eigenvalue weighted by Gasteiger charge is 2.29. The Morgan fingerprint density at radius 2 is 0.791 bits per heavy atom. The van der Waals surface area contributed by atoms with Crippen molar-refractivity contribution in [2.75, 3.05) is 75.4 Å². The van der Waals surface area contributed by atoms with E-state index in [1.807, 2.05) is 0 Å². The molecule has 8 amide bonds. The number of carbonyl (C=O) groups excluding carboxylic acids is 8. The van der Waals surface area contributed by atoms with Crippen molar-refractivity contribution in [1.29, 1.82) is 0 Å². The quantitative estimate of drug-likeness (QED) is 0.0154. The summed E-state index contributed by atoms with van der Waals surface area (Å²) in [5, 5.41) is 28.1. The molecule has 24 N–H and O–H groups in total. The van der Waals surface area contributed by atoms with Gasteiger partial charge in [0.25, 0.3) is 23.6 Å². The van der Waals surface area contributed by atoms with Crippen molar-refractivity contribution in [3.8, 4) is 23.0 Å². The predicted octanol–water partition coefficient (Wildman–Crippen LogP) is -0.663. The molecule has 0 fully saturated rings. The third-order valence-corrected chi connectivity index (χ3v) is 12.5. The Morgan fingerprint density at radius 3 is 1.14 bits per heavy atom. The third kappa shape index (κ3) is 21.5. The van der Waals surface area contributed by atoms with Gasteiger partial charge in [0, 0.05) is 35.8 Å². The molecule has 31 nitrogen and oxygen atoms in total. The van der Waals surface area contributed by atoms with Crippen molar-refractivity contribution in [2.24, 2.45) is 55.9 Å². The van der Waals surface area contributed by atoms with Crippen molar-refractivity contribution in [2.45, 2.75) is 75.5 Å². The van der Waals surface area contributed by atoms with E-state index in [9.17, 15) is 48.3 Å². The standard InChI is InChI=1S/C55H75N17O14/c1-83-41-16-12-29(24-33(41)46(59)75)67-53(82)40(11-7-23-65-55(62)63)72-49(78)36-27-32(15-19-44(36)86-28-45(73)74)69-52(81)39(10-5-21-57)71-48(77)35-26-31(14-18-43(35)85-3)68-51(80)38(9-4-20-56)70-47(76)34-25-30(13-17-42(34)84-2)66-50(79)37(58)8-6-22-64-54(60)61/h12-19,24-27,37-40H,4-11,20-23,28,56-58H2,1-3H3,(H2,59,75)(H,66,79)(H,67,82)(H,68,80)(H,69,81)(H,70,76)(H,71,77)(H,72,78)(H,73,74)(H4,60,61,64)(H4,62,63,65)/t37-,38-,39-,40-/m1/s1. The minimum absolute atomic E-state index is 0.0102. The summed E-state index contributed by atoms with van der Waals surface area (Å²) in [6.45, 7) is -0.304. The van der Waals surface area contributed by atoms with Crippen molar-refractivity contribution < 1.29 is 67.2 Å². The van der Waals surface area contributed by atoms with Crippen LogP contribution in [-0.4, -0.2) is 149 Å². The Bertz CT molecular complexity index is 3130.